The van der Waals surface area contributed by atoms with Crippen molar-refractivity contribution < 1.29 is 0 Å². The SMILES string of the molecule is C1CCC2CCCC2C1.C1CCC2CCCC2C1.CC(C)C.CC(C)C. The predicted molar refractivity (Wildman–Crippen MR) is 120 cm³/mol. The predicted octanol–water partition coefficient (Wildman–Crippen LogP) is 9.28. The minimum absolute atomic E-state index is 0.833. The lowest BCUT2D eigenvalue weighted by Crippen LogP contribution is -2.12. The number of hydrogen-bond donors (Lipinski definition) is 0. The van der Waals surface area contributed by atoms with Gasteiger partial charge in [-0.25, -0.2) is 0 Å². The summed E-state index contributed by atoms with van der Waals surface area (Å²) in [6, 6.07) is 0. The van der Waals surface area contributed by atoms with Gasteiger partial charge < -0.3 is 0 Å². The molecule has 4 aliphatic carbocycles. The van der Waals surface area contributed by atoms with E-state index in [1.807, 2.05) is 0 Å². The molecule has 0 nitrogen and oxygen atoms in total. The van der Waals surface area contributed by atoms with Crippen molar-refractivity contribution in [2.75, 3.05) is 0 Å². The molecule has 0 amide bonds. The zero-order chi connectivity index (χ0) is 19.4. The minimum atomic E-state index is 0.833. The molecule has 4 saturated carbocycles. The Morgan fingerprint density at radius 2 is 0.500 bits per heavy atom. The lowest BCUT2D eigenvalue weighted by Gasteiger charge is -2.24. The van der Waals surface area contributed by atoms with Crippen molar-refractivity contribution in [2.24, 2.45) is 35.5 Å². The molecule has 0 aromatic carbocycles. The fourth-order valence-corrected chi connectivity index (χ4v) is 5.37. The second-order valence-electron chi connectivity index (χ2n) is 10.9. The summed E-state index contributed by atoms with van der Waals surface area (Å²) in [5, 5.41) is 0. The first-order chi connectivity index (χ1) is 12.4. The highest BCUT2D eigenvalue weighted by atomic mass is 14.3. The number of hydrogen-bond acceptors (Lipinski definition) is 0. The van der Waals surface area contributed by atoms with E-state index in [1.54, 1.807) is 51.4 Å². The highest BCUT2D eigenvalue weighted by Gasteiger charge is 2.29. The summed E-state index contributed by atoms with van der Waals surface area (Å²) in [6.07, 6.45) is 21.7. The van der Waals surface area contributed by atoms with Crippen LogP contribution in [0.5, 0.6) is 0 Å². The van der Waals surface area contributed by atoms with E-state index in [2.05, 4.69) is 41.5 Å². The van der Waals surface area contributed by atoms with Gasteiger partial charge in [0, 0.05) is 0 Å². The van der Waals surface area contributed by atoms with E-state index in [1.165, 1.54) is 62.2 Å². The van der Waals surface area contributed by atoms with Crippen LogP contribution in [0.4, 0.5) is 0 Å². The largest absolute Gasteiger partial charge is 0.0630 e. The summed E-state index contributed by atoms with van der Waals surface area (Å²) in [6.45, 7) is 13.0. The van der Waals surface area contributed by atoms with Gasteiger partial charge in [-0.2, -0.15) is 0 Å². The maximum Gasteiger partial charge on any atom is -0.0386 e. The highest BCUT2D eigenvalue weighted by Crippen LogP contribution is 2.42. The van der Waals surface area contributed by atoms with Gasteiger partial charge in [-0.1, -0.05) is 131 Å². The summed E-state index contributed by atoms with van der Waals surface area (Å²) in [7, 11) is 0. The van der Waals surface area contributed by atoms with Crippen molar-refractivity contribution in [3.63, 3.8) is 0 Å². The van der Waals surface area contributed by atoms with E-state index in [-0.39, 0.29) is 0 Å². The van der Waals surface area contributed by atoms with Crippen molar-refractivity contribution >= 4 is 0 Å². The summed E-state index contributed by atoms with van der Waals surface area (Å²) < 4.78 is 0. The van der Waals surface area contributed by atoms with Crippen LogP contribution in [-0.4, -0.2) is 0 Å². The Hall–Kier alpha value is 0. The Morgan fingerprint density at radius 1 is 0.346 bits per heavy atom. The van der Waals surface area contributed by atoms with E-state index in [0.717, 1.165) is 11.8 Å². The molecule has 0 saturated heterocycles. The molecule has 156 valence electrons. The average Bonchev–Trinajstić information content (AvgIpc) is 3.23. The number of fused-ring (bicyclic) bond motifs is 2. The molecule has 0 N–H and O–H groups in total. The zero-order valence-electron chi connectivity index (χ0n) is 19.4. The lowest BCUT2D eigenvalue weighted by atomic mass is 9.82. The molecule has 0 aromatic rings. The standard InChI is InChI=1S/2C9H16.2C4H10/c2*1-2-5-9-7-3-6-8(9)4-1;2*1-4(2)3/h2*8-9H,1-7H2;2*4H,1-3H3. The van der Waals surface area contributed by atoms with Gasteiger partial charge in [-0.15, -0.1) is 0 Å². The molecule has 0 heterocycles. The van der Waals surface area contributed by atoms with Crippen LogP contribution in [0.25, 0.3) is 0 Å². The molecule has 0 bridgehead atoms. The molecule has 0 aliphatic heterocycles. The fraction of sp³-hybridized carbons (Fsp3) is 1.00. The molecule has 4 unspecified atom stereocenters. The monoisotopic (exact) mass is 364 g/mol. The van der Waals surface area contributed by atoms with E-state index >= 15 is 0 Å². The van der Waals surface area contributed by atoms with Gasteiger partial charge in [-0.3, -0.25) is 0 Å². The third-order valence-electron chi connectivity index (χ3n) is 6.43. The molecule has 4 rings (SSSR count). The second-order valence-corrected chi connectivity index (χ2v) is 10.9. The average molecular weight is 365 g/mol. The van der Waals surface area contributed by atoms with Crippen molar-refractivity contribution in [2.45, 2.75) is 131 Å². The third kappa shape index (κ3) is 11.0. The molecule has 0 aromatic heterocycles. The van der Waals surface area contributed by atoms with E-state index in [9.17, 15) is 0 Å². The molecule has 4 aliphatic rings. The zero-order valence-corrected chi connectivity index (χ0v) is 19.4. The van der Waals surface area contributed by atoms with Crippen LogP contribution in [0.3, 0.4) is 0 Å². The number of rotatable bonds is 0. The van der Waals surface area contributed by atoms with Gasteiger partial charge in [0.05, 0.1) is 0 Å². The molecular formula is C26H52. The second kappa shape index (κ2) is 14.1. The van der Waals surface area contributed by atoms with Crippen LogP contribution in [0, 0.1) is 35.5 Å². The Balaban J connectivity index is 0.000000188. The van der Waals surface area contributed by atoms with Crippen molar-refractivity contribution in [3.05, 3.63) is 0 Å². The van der Waals surface area contributed by atoms with Crippen LogP contribution in [0.2, 0.25) is 0 Å². The van der Waals surface area contributed by atoms with Gasteiger partial charge in [-0.05, 0) is 35.5 Å². The van der Waals surface area contributed by atoms with Crippen LogP contribution >= 0.6 is 0 Å². The lowest BCUT2D eigenvalue weighted by molar-refractivity contribution is 0.277. The van der Waals surface area contributed by atoms with Crippen molar-refractivity contribution in [1.29, 1.82) is 0 Å². The maximum absolute atomic E-state index is 2.17. The van der Waals surface area contributed by atoms with Crippen LogP contribution in [0.15, 0.2) is 0 Å². The molecule has 4 fully saturated rings. The van der Waals surface area contributed by atoms with Gasteiger partial charge in [0.15, 0.2) is 0 Å². The van der Waals surface area contributed by atoms with E-state index < -0.39 is 0 Å². The molecule has 0 spiro atoms. The topological polar surface area (TPSA) is 0 Å². The first-order valence-corrected chi connectivity index (χ1v) is 12.4. The molecule has 0 radical (unpaired) electrons. The van der Waals surface area contributed by atoms with Gasteiger partial charge in [0.2, 0.25) is 0 Å². The Kier molecular flexibility index (Phi) is 13.0. The normalized spacial score (nSPS) is 32.3. The van der Waals surface area contributed by atoms with Crippen LogP contribution in [-0.2, 0) is 0 Å². The smallest absolute Gasteiger partial charge is 0.0386 e. The minimum Gasteiger partial charge on any atom is -0.0630 e. The quantitative estimate of drug-likeness (QED) is 0.401. The van der Waals surface area contributed by atoms with E-state index in [0.29, 0.717) is 0 Å². The summed E-state index contributed by atoms with van der Waals surface area (Å²) in [5.41, 5.74) is 0. The van der Waals surface area contributed by atoms with Gasteiger partial charge >= 0.3 is 0 Å². The highest BCUT2D eigenvalue weighted by molar-refractivity contribution is 4.81. The summed E-state index contributed by atoms with van der Waals surface area (Å²) in [5.74, 6) is 6.33. The van der Waals surface area contributed by atoms with Gasteiger partial charge in [0.1, 0.15) is 0 Å². The third-order valence-corrected chi connectivity index (χ3v) is 6.43. The first-order valence-electron chi connectivity index (χ1n) is 12.4. The fourth-order valence-electron chi connectivity index (χ4n) is 5.37. The molecule has 4 atom stereocenters. The first kappa shape index (κ1) is 24.0. The van der Waals surface area contributed by atoms with E-state index in [4.69, 9.17) is 0 Å². The van der Waals surface area contributed by atoms with Crippen LogP contribution < -0.4 is 0 Å². The maximum atomic E-state index is 2.17. The van der Waals surface area contributed by atoms with Gasteiger partial charge in [0.25, 0.3) is 0 Å². The summed E-state index contributed by atoms with van der Waals surface area (Å²) >= 11 is 0. The van der Waals surface area contributed by atoms with Crippen molar-refractivity contribution in [1.82, 2.24) is 0 Å². The summed E-state index contributed by atoms with van der Waals surface area (Å²) in [4.78, 5) is 0. The molecular weight excluding hydrogens is 312 g/mol. The Morgan fingerprint density at radius 3 is 0.692 bits per heavy atom. The van der Waals surface area contributed by atoms with Crippen molar-refractivity contribution in [3.8, 4) is 0 Å². The molecule has 26 heavy (non-hydrogen) atoms. The Bertz CT molecular complexity index is 254. The van der Waals surface area contributed by atoms with Crippen LogP contribution in [0.1, 0.15) is 131 Å². The molecule has 0 heteroatoms. The Labute approximate surface area is 167 Å².